The van der Waals surface area contributed by atoms with Crippen molar-refractivity contribution in [1.29, 1.82) is 0 Å². The van der Waals surface area contributed by atoms with Gasteiger partial charge in [0, 0.05) is 13.1 Å². The number of hydrogen-bond donors (Lipinski definition) is 1. The molecule has 5 nitrogen and oxygen atoms in total. The summed E-state index contributed by atoms with van der Waals surface area (Å²) in [7, 11) is 2.10. The van der Waals surface area contributed by atoms with Crippen LogP contribution in [0.25, 0.3) is 0 Å². The van der Waals surface area contributed by atoms with Gasteiger partial charge in [-0.3, -0.25) is 4.90 Å². The van der Waals surface area contributed by atoms with E-state index in [0.29, 0.717) is 19.1 Å². The molecular weight excluding hydrogens is 283 g/mol. The van der Waals surface area contributed by atoms with Crippen LogP contribution in [0, 0.1) is 5.82 Å². The van der Waals surface area contributed by atoms with E-state index in [1.54, 1.807) is 0 Å². The maximum Gasteiger partial charge on any atom is 0.222 e. The van der Waals surface area contributed by atoms with E-state index >= 15 is 0 Å². The molecule has 0 aliphatic carbocycles. The maximum absolute atomic E-state index is 12.8. The molecule has 2 aromatic rings. The molecule has 1 aliphatic rings. The van der Waals surface area contributed by atoms with Gasteiger partial charge in [0.25, 0.3) is 0 Å². The summed E-state index contributed by atoms with van der Waals surface area (Å²) >= 11 is 0. The van der Waals surface area contributed by atoms with Gasteiger partial charge in [0.2, 0.25) is 5.95 Å². The first-order valence-corrected chi connectivity index (χ1v) is 7.32. The zero-order valence-corrected chi connectivity index (χ0v) is 12.4. The first kappa shape index (κ1) is 14.9. The highest BCUT2D eigenvalue weighted by atomic mass is 19.1. The molecule has 1 saturated heterocycles. The van der Waals surface area contributed by atoms with Crippen LogP contribution < -0.4 is 5.32 Å². The molecule has 2 atom stereocenters. The highest BCUT2D eigenvalue weighted by molar-refractivity contribution is 5.25. The topological polar surface area (TPSA) is 50.3 Å². The summed E-state index contributed by atoms with van der Waals surface area (Å²) < 4.78 is 18.8. The Morgan fingerprint density at radius 3 is 2.73 bits per heavy atom. The van der Waals surface area contributed by atoms with Gasteiger partial charge in [-0.2, -0.15) is 0 Å². The summed E-state index contributed by atoms with van der Waals surface area (Å²) in [5.74, 6) is -0.0357. The minimum absolute atomic E-state index is 0.0187. The fourth-order valence-electron chi connectivity index (χ4n) is 2.75. The van der Waals surface area contributed by atoms with Crippen LogP contribution >= 0.6 is 0 Å². The number of benzene rings is 1. The largest absolute Gasteiger partial charge is 0.373 e. The molecule has 0 spiro atoms. The summed E-state index contributed by atoms with van der Waals surface area (Å²) in [6.07, 6.45) is 2.28. The third-order valence-electron chi connectivity index (χ3n) is 3.83. The average Bonchev–Trinajstić information content (AvgIpc) is 2.55. The lowest BCUT2D eigenvalue weighted by Gasteiger charge is -2.39. The normalized spacial score (nSPS) is 22.5. The van der Waals surface area contributed by atoms with Gasteiger partial charge < -0.3 is 10.1 Å². The lowest BCUT2D eigenvalue weighted by molar-refractivity contribution is -0.0557. The Balaban J connectivity index is 1.71. The standard InChI is InChI=1S/C16H19FN4O/c1-21-7-8-22-14(15(21)12-5-3-2-4-6-12)11-20-16-18-9-13(17)10-19-16/h2-6,9-10,14-15H,7-8,11H2,1H3,(H,18,19,20)/t14-,15-/m0/s1. The first-order chi connectivity index (χ1) is 10.7. The Labute approximate surface area is 129 Å². The van der Waals surface area contributed by atoms with Crippen molar-refractivity contribution >= 4 is 5.95 Å². The van der Waals surface area contributed by atoms with E-state index in [2.05, 4.69) is 39.4 Å². The van der Waals surface area contributed by atoms with Crippen LogP contribution in [-0.4, -0.2) is 47.7 Å². The van der Waals surface area contributed by atoms with E-state index in [0.717, 1.165) is 18.9 Å². The lowest BCUT2D eigenvalue weighted by Crippen LogP contribution is -2.46. The van der Waals surface area contributed by atoms with Crippen LogP contribution in [0.5, 0.6) is 0 Å². The van der Waals surface area contributed by atoms with Crippen molar-refractivity contribution in [3.63, 3.8) is 0 Å². The number of anilines is 1. The molecule has 0 saturated carbocycles. The number of nitrogens with zero attached hydrogens (tertiary/aromatic N) is 3. The molecule has 0 radical (unpaired) electrons. The molecule has 0 bridgehead atoms. The Morgan fingerprint density at radius 2 is 2.00 bits per heavy atom. The number of hydrogen-bond acceptors (Lipinski definition) is 5. The molecular formula is C16H19FN4O. The number of likely N-dealkylation sites (N-methyl/N-ethyl adjacent to an activating group) is 1. The molecule has 1 fully saturated rings. The Hall–Kier alpha value is -2.05. The average molecular weight is 302 g/mol. The van der Waals surface area contributed by atoms with Crippen molar-refractivity contribution in [2.75, 3.05) is 32.1 Å². The highest BCUT2D eigenvalue weighted by Crippen LogP contribution is 2.28. The van der Waals surface area contributed by atoms with Gasteiger partial charge in [-0.05, 0) is 12.6 Å². The first-order valence-electron chi connectivity index (χ1n) is 7.32. The Bertz CT molecular complexity index is 593. The minimum Gasteiger partial charge on any atom is -0.373 e. The molecule has 22 heavy (non-hydrogen) atoms. The summed E-state index contributed by atoms with van der Waals surface area (Å²) in [6.45, 7) is 2.15. The van der Waals surface area contributed by atoms with Crippen LogP contribution in [0.1, 0.15) is 11.6 Å². The van der Waals surface area contributed by atoms with E-state index in [9.17, 15) is 4.39 Å². The minimum atomic E-state index is -0.443. The molecule has 1 aliphatic heterocycles. The van der Waals surface area contributed by atoms with Gasteiger partial charge in [-0.1, -0.05) is 30.3 Å². The lowest BCUT2D eigenvalue weighted by atomic mass is 9.98. The van der Waals surface area contributed by atoms with Crippen LogP contribution in [0.3, 0.4) is 0 Å². The molecule has 1 aromatic heterocycles. The number of rotatable bonds is 4. The zero-order valence-electron chi connectivity index (χ0n) is 12.4. The van der Waals surface area contributed by atoms with Gasteiger partial charge >= 0.3 is 0 Å². The molecule has 116 valence electrons. The van der Waals surface area contributed by atoms with E-state index in [1.165, 1.54) is 5.56 Å². The number of nitrogens with one attached hydrogen (secondary N) is 1. The quantitative estimate of drug-likeness (QED) is 0.937. The van der Waals surface area contributed by atoms with Crippen LogP contribution in [0.2, 0.25) is 0 Å². The molecule has 1 aromatic carbocycles. The van der Waals surface area contributed by atoms with Crippen molar-refractivity contribution in [1.82, 2.24) is 14.9 Å². The third-order valence-corrected chi connectivity index (χ3v) is 3.83. The number of ether oxygens (including phenoxy) is 1. The summed E-state index contributed by atoms with van der Waals surface area (Å²) in [6, 6.07) is 10.5. The molecule has 6 heteroatoms. The van der Waals surface area contributed by atoms with Gasteiger partial charge in [-0.15, -0.1) is 0 Å². The predicted octanol–water partition coefficient (Wildman–Crippen LogP) is 2.10. The second kappa shape index (κ2) is 6.81. The van der Waals surface area contributed by atoms with Crippen LogP contribution in [0.4, 0.5) is 10.3 Å². The molecule has 2 heterocycles. The summed E-state index contributed by atoms with van der Waals surface area (Å²) in [5.41, 5.74) is 1.22. The van der Waals surface area contributed by atoms with E-state index < -0.39 is 5.82 Å². The van der Waals surface area contributed by atoms with Crippen molar-refractivity contribution in [3.05, 3.63) is 54.1 Å². The van der Waals surface area contributed by atoms with Gasteiger partial charge in [0.15, 0.2) is 5.82 Å². The maximum atomic E-state index is 12.8. The number of morpholine rings is 1. The van der Waals surface area contributed by atoms with E-state index in [4.69, 9.17) is 4.74 Å². The molecule has 0 amide bonds. The van der Waals surface area contributed by atoms with Crippen molar-refractivity contribution < 1.29 is 9.13 Å². The van der Waals surface area contributed by atoms with E-state index in [-0.39, 0.29) is 12.1 Å². The molecule has 1 N–H and O–H groups in total. The van der Waals surface area contributed by atoms with E-state index in [1.807, 2.05) is 18.2 Å². The van der Waals surface area contributed by atoms with Gasteiger partial charge in [-0.25, -0.2) is 14.4 Å². The second-order valence-corrected chi connectivity index (χ2v) is 5.35. The highest BCUT2D eigenvalue weighted by Gasteiger charge is 2.31. The Kier molecular flexibility index (Phi) is 4.60. The Morgan fingerprint density at radius 1 is 1.27 bits per heavy atom. The second-order valence-electron chi connectivity index (χ2n) is 5.35. The van der Waals surface area contributed by atoms with Crippen LogP contribution in [0.15, 0.2) is 42.7 Å². The SMILES string of the molecule is CN1CCO[C@@H](CNc2ncc(F)cn2)[C@@H]1c1ccccc1. The van der Waals surface area contributed by atoms with Gasteiger partial charge in [0.05, 0.1) is 31.1 Å². The van der Waals surface area contributed by atoms with Crippen molar-refractivity contribution in [2.24, 2.45) is 0 Å². The van der Waals surface area contributed by atoms with Crippen LogP contribution in [-0.2, 0) is 4.74 Å². The smallest absolute Gasteiger partial charge is 0.222 e. The number of halogens is 1. The number of aromatic nitrogens is 2. The van der Waals surface area contributed by atoms with Crippen molar-refractivity contribution in [3.8, 4) is 0 Å². The fraction of sp³-hybridized carbons (Fsp3) is 0.375. The predicted molar refractivity (Wildman–Crippen MR) is 82.0 cm³/mol. The van der Waals surface area contributed by atoms with Crippen molar-refractivity contribution in [2.45, 2.75) is 12.1 Å². The zero-order chi connectivity index (χ0) is 15.4. The summed E-state index contributed by atoms with van der Waals surface area (Å²) in [5, 5.41) is 3.12. The third kappa shape index (κ3) is 3.40. The molecule has 3 rings (SSSR count). The fourth-order valence-corrected chi connectivity index (χ4v) is 2.75. The monoisotopic (exact) mass is 302 g/mol. The van der Waals surface area contributed by atoms with Gasteiger partial charge in [0.1, 0.15) is 0 Å². The molecule has 0 unspecified atom stereocenters. The summed E-state index contributed by atoms with van der Waals surface area (Å²) in [4.78, 5) is 10.1.